The fourth-order valence-corrected chi connectivity index (χ4v) is 11.1. The first-order valence-electron chi connectivity index (χ1n) is 13.7. The molecule has 1 saturated heterocycles. The van der Waals surface area contributed by atoms with Gasteiger partial charge in [-0.1, -0.05) is 20.8 Å². The second-order valence-corrected chi connectivity index (χ2v) is 13.4. The van der Waals surface area contributed by atoms with Crippen LogP contribution in [-0.4, -0.2) is 47.2 Å². The van der Waals surface area contributed by atoms with E-state index in [1.807, 2.05) is 0 Å². The Bertz CT molecular complexity index is 821. The first-order valence-corrected chi connectivity index (χ1v) is 13.7. The highest BCUT2D eigenvalue weighted by molar-refractivity contribution is 5.76. The predicted octanol–water partition coefficient (Wildman–Crippen LogP) is 4.34. The number of ether oxygens (including phenoxy) is 2. The molecule has 2 spiro atoms. The van der Waals surface area contributed by atoms with E-state index in [9.17, 15) is 15.0 Å². The molecular formula is C28H44O5. The Morgan fingerprint density at radius 3 is 2.39 bits per heavy atom. The number of ketones is 1. The second kappa shape index (κ2) is 7.27. The van der Waals surface area contributed by atoms with Crippen LogP contribution in [0.15, 0.2) is 0 Å². The van der Waals surface area contributed by atoms with Gasteiger partial charge in [-0.15, -0.1) is 0 Å². The van der Waals surface area contributed by atoms with Crippen molar-refractivity contribution in [2.75, 3.05) is 13.2 Å². The molecule has 0 aromatic rings. The van der Waals surface area contributed by atoms with Gasteiger partial charge in [0.2, 0.25) is 0 Å². The van der Waals surface area contributed by atoms with Crippen LogP contribution in [0.2, 0.25) is 0 Å². The molecule has 11 atom stereocenters. The number of rotatable bonds is 5. The molecule has 33 heavy (non-hydrogen) atoms. The molecule has 186 valence electrons. The first kappa shape index (κ1) is 22.9. The zero-order chi connectivity index (χ0) is 23.4. The lowest BCUT2D eigenvalue weighted by molar-refractivity contribution is -0.294. The van der Waals surface area contributed by atoms with E-state index in [0.717, 1.165) is 37.9 Å². The molecule has 0 aromatic heterocycles. The smallest absolute Gasteiger partial charge is 0.175 e. The standard InChI is InChI=1S/C28H44O5/c1-16(29)13-23(30)24(31)17(2)20-5-6-21-19-15-28(32-11-12-33-28)27-14-18(27)7-10-26(27,4)22(19)8-9-25(20,21)3/h17-24,30-31H,5-15H2,1-4H3/t17-,18+,19-,20+,21-,22-,23+,24+,25+,26+,27+/m0/s1. The molecular weight excluding hydrogens is 416 g/mol. The number of carbonyl (C=O) groups excluding carboxylic acids is 1. The van der Waals surface area contributed by atoms with Gasteiger partial charge in [-0.3, -0.25) is 4.79 Å². The molecule has 5 aliphatic carbocycles. The highest BCUT2D eigenvalue weighted by Gasteiger charge is 2.83. The van der Waals surface area contributed by atoms with Crippen LogP contribution in [0, 0.1) is 51.8 Å². The van der Waals surface area contributed by atoms with Crippen LogP contribution >= 0.6 is 0 Å². The predicted molar refractivity (Wildman–Crippen MR) is 124 cm³/mol. The van der Waals surface area contributed by atoms with Gasteiger partial charge in [0.25, 0.3) is 0 Å². The van der Waals surface area contributed by atoms with Crippen molar-refractivity contribution in [1.29, 1.82) is 0 Å². The summed E-state index contributed by atoms with van der Waals surface area (Å²) in [5, 5.41) is 21.5. The fraction of sp³-hybridized carbons (Fsp3) is 0.964. The van der Waals surface area contributed by atoms with Crippen molar-refractivity contribution < 1.29 is 24.5 Å². The van der Waals surface area contributed by atoms with Gasteiger partial charge in [-0.25, -0.2) is 0 Å². The van der Waals surface area contributed by atoms with Crippen LogP contribution in [0.4, 0.5) is 0 Å². The summed E-state index contributed by atoms with van der Waals surface area (Å²) in [6.07, 6.45) is 8.06. The molecule has 5 nitrogen and oxygen atoms in total. The average Bonchev–Trinajstić information content (AvgIpc) is 3.03. The number of carbonyl (C=O) groups is 1. The van der Waals surface area contributed by atoms with Gasteiger partial charge in [0.1, 0.15) is 5.78 Å². The average molecular weight is 461 g/mol. The van der Waals surface area contributed by atoms with Crippen molar-refractivity contribution >= 4 is 5.78 Å². The van der Waals surface area contributed by atoms with Crippen molar-refractivity contribution in [3.8, 4) is 0 Å². The molecule has 2 N–H and O–H groups in total. The Morgan fingerprint density at radius 2 is 1.73 bits per heavy atom. The maximum absolute atomic E-state index is 11.5. The van der Waals surface area contributed by atoms with Crippen molar-refractivity contribution in [2.24, 2.45) is 51.8 Å². The molecule has 0 amide bonds. The van der Waals surface area contributed by atoms with Gasteiger partial charge in [-0.2, -0.15) is 0 Å². The molecule has 6 fully saturated rings. The van der Waals surface area contributed by atoms with E-state index in [4.69, 9.17) is 9.47 Å². The van der Waals surface area contributed by atoms with Crippen LogP contribution in [0.3, 0.4) is 0 Å². The molecule has 5 saturated carbocycles. The van der Waals surface area contributed by atoms with Crippen LogP contribution in [0.1, 0.15) is 85.5 Å². The van der Waals surface area contributed by atoms with E-state index in [1.54, 1.807) is 0 Å². The number of Topliss-reactive ketones (excluding diaryl/α,β-unsaturated/α-hetero) is 1. The fourth-order valence-electron chi connectivity index (χ4n) is 11.1. The Morgan fingerprint density at radius 1 is 1.00 bits per heavy atom. The minimum Gasteiger partial charge on any atom is -0.390 e. The van der Waals surface area contributed by atoms with Crippen LogP contribution in [0.25, 0.3) is 0 Å². The van der Waals surface area contributed by atoms with Gasteiger partial charge < -0.3 is 19.7 Å². The van der Waals surface area contributed by atoms with E-state index in [-0.39, 0.29) is 34.7 Å². The third-order valence-electron chi connectivity index (χ3n) is 12.5. The van der Waals surface area contributed by atoms with Crippen molar-refractivity contribution in [2.45, 2.75) is 103 Å². The van der Waals surface area contributed by atoms with Gasteiger partial charge in [0.15, 0.2) is 5.79 Å². The summed E-state index contributed by atoms with van der Waals surface area (Å²) >= 11 is 0. The Hall–Kier alpha value is -0.490. The summed E-state index contributed by atoms with van der Waals surface area (Å²) in [6, 6.07) is 0. The summed E-state index contributed by atoms with van der Waals surface area (Å²) in [6.45, 7) is 10.1. The number of fused-ring (bicyclic) bond motifs is 4. The molecule has 0 unspecified atom stereocenters. The largest absolute Gasteiger partial charge is 0.390 e. The van der Waals surface area contributed by atoms with Gasteiger partial charge in [0, 0.05) is 18.3 Å². The molecule has 0 bridgehead atoms. The van der Waals surface area contributed by atoms with Crippen molar-refractivity contribution in [3.05, 3.63) is 0 Å². The summed E-state index contributed by atoms with van der Waals surface area (Å²) in [4.78, 5) is 11.5. The van der Waals surface area contributed by atoms with Gasteiger partial charge in [-0.05, 0) is 98.2 Å². The van der Waals surface area contributed by atoms with Crippen molar-refractivity contribution in [3.63, 3.8) is 0 Å². The van der Waals surface area contributed by atoms with E-state index < -0.39 is 12.2 Å². The molecule has 5 heteroatoms. The minimum absolute atomic E-state index is 0.0105. The van der Waals surface area contributed by atoms with E-state index in [1.165, 1.54) is 45.4 Å². The molecule has 0 radical (unpaired) electrons. The lowest BCUT2D eigenvalue weighted by Gasteiger charge is -2.63. The second-order valence-electron chi connectivity index (χ2n) is 13.4. The van der Waals surface area contributed by atoms with E-state index >= 15 is 0 Å². The van der Waals surface area contributed by atoms with Gasteiger partial charge >= 0.3 is 0 Å². The molecule has 1 heterocycles. The minimum atomic E-state index is -0.959. The lowest BCUT2D eigenvalue weighted by Crippen LogP contribution is -2.62. The van der Waals surface area contributed by atoms with Crippen LogP contribution in [-0.2, 0) is 14.3 Å². The van der Waals surface area contributed by atoms with Crippen molar-refractivity contribution in [1.82, 2.24) is 0 Å². The van der Waals surface area contributed by atoms with E-state index in [0.29, 0.717) is 23.2 Å². The highest BCUT2D eigenvalue weighted by atomic mass is 16.7. The number of aliphatic hydroxyl groups is 2. The maximum Gasteiger partial charge on any atom is 0.175 e. The third kappa shape index (κ3) is 2.77. The summed E-state index contributed by atoms with van der Waals surface area (Å²) in [5.41, 5.74) is 0.747. The number of hydrogen-bond donors (Lipinski definition) is 2. The van der Waals surface area contributed by atoms with Crippen LogP contribution < -0.4 is 0 Å². The normalized spacial score (nSPS) is 51.9. The number of aliphatic hydroxyl groups excluding tert-OH is 2. The number of hydrogen-bond acceptors (Lipinski definition) is 5. The molecule has 6 aliphatic rings. The van der Waals surface area contributed by atoms with Gasteiger partial charge in [0.05, 0.1) is 25.4 Å². The molecule has 6 rings (SSSR count). The monoisotopic (exact) mass is 460 g/mol. The first-order chi connectivity index (χ1) is 15.6. The summed E-state index contributed by atoms with van der Waals surface area (Å²) < 4.78 is 13.2. The zero-order valence-corrected chi connectivity index (χ0v) is 21.0. The maximum atomic E-state index is 11.5. The summed E-state index contributed by atoms with van der Waals surface area (Å²) in [5.74, 6) is 2.74. The Labute approximate surface area is 199 Å². The highest BCUT2D eigenvalue weighted by Crippen LogP contribution is 2.85. The topological polar surface area (TPSA) is 76.0 Å². The van der Waals surface area contributed by atoms with E-state index in [2.05, 4.69) is 20.8 Å². The summed E-state index contributed by atoms with van der Waals surface area (Å²) in [7, 11) is 0. The quantitative estimate of drug-likeness (QED) is 0.638. The Kier molecular flexibility index (Phi) is 5.06. The van der Waals surface area contributed by atoms with Crippen LogP contribution in [0.5, 0.6) is 0 Å². The molecule has 0 aromatic carbocycles. The lowest BCUT2D eigenvalue weighted by atomic mass is 9.44. The third-order valence-corrected chi connectivity index (χ3v) is 12.5. The Balaban J connectivity index is 1.29. The SMILES string of the molecule is CC(=O)C[C@@H](O)[C@H](O)[C@@H](C)[C@H]1CC[C@H]2[C@@H]3CC4(OCCO4)[C@]45C[C@H]4CC[C@]5(C)[C@H]3CC[C@]12C. The zero-order valence-electron chi connectivity index (χ0n) is 21.0. The molecule has 1 aliphatic heterocycles.